The van der Waals surface area contributed by atoms with Gasteiger partial charge in [-0.2, -0.15) is 0 Å². The van der Waals surface area contributed by atoms with Crippen molar-refractivity contribution in [2.24, 2.45) is 5.92 Å². The van der Waals surface area contributed by atoms with Crippen molar-refractivity contribution < 1.29 is 4.79 Å². The van der Waals surface area contributed by atoms with Gasteiger partial charge in [-0.1, -0.05) is 18.2 Å². The summed E-state index contributed by atoms with van der Waals surface area (Å²) in [6, 6.07) is 8.18. The molecule has 1 aromatic carbocycles. The minimum absolute atomic E-state index is 0. The van der Waals surface area contributed by atoms with Crippen LogP contribution in [-0.4, -0.2) is 37.5 Å². The molecule has 1 N–H and O–H groups in total. The summed E-state index contributed by atoms with van der Waals surface area (Å²) >= 11 is 1.66. The molecule has 0 unspecified atom stereocenters. The van der Waals surface area contributed by atoms with E-state index in [0.29, 0.717) is 0 Å². The van der Waals surface area contributed by atoms with Gasteiger partial charge in [0.15, 0.2) is 0 Å². The predicted molar refractivity (Wildman–Crippen MR) is 96.2 cm³/mol. The summed E-state index contributed by atoms with van der Waals surface area (Å²) in [5.41, 5.74) is 0.879. The lowest BCUT2D eigenvalue weighted by molar-refractivity contribution is 0.0689. The van der Waals surface area contributed by atoms with Crippen molar-refractivity contribution in [2.45, 2.75) is 19.3 Å². The zero-order chi connectivity index (χ0) is 14.7. The van der Waals surface area contributed by atoms with Gasteiger partial charge in [0.05, 0.1) is 5.56 Å². The van der Waals surface area contributed by atoms with Crippen molar-refractivity contribution in [2.75, 3.05) is 26.7 Å². The van der Waals surface area contributed by atoms with Gasteiger partial charge < -0.3 is 10.2 Å². The first kappa shape index (κ1) is 17.3. The fraction of sp³-hybridized carbons (Fsp3) is 0.471. The number of piperidine rings is 1. The Morgan fingerprint density at radius 2 is 2.05 bits per heavy atom. The Bertz CT molecular complexity index is 620. The average molecular weight is 339 g/mol. The average Bonchev–Trinajstić information content (AvgIpc) is 2.97. The molecule has 1 aliphatic rings. The van der Waals surface area contributed by atoms with E-state index < -0.39 is 0 Å². The second kappa shape index (κ2) is 7.95. The van der Waals surface area contributed by atoms with Crippen LogP contribution in [0.4, 0.5) is 0 Å². The Balaban J connectivity index is 0.00000176. The third-order valence-corrected chi connectivity index (χ3v) is 5.38. The molecule has 0 aliphatic carbocycles. The summed E-state index contributed by atoms with van der Waals surface area (Å²) in [6.07, 6.45) is 3.49. The standard InChI is InChI=1S/C17H22N2OS.ClH/c1-18-9-6-13-7-10-19(11-8-13)17(20)15-12-21-16-5-3-2-4-14(15)16;/h2-5,12-13,18H,6-11H2,1H3;1H. The van der Waals surface area contributed by atoms with Crippen LogP contribution in [0.5, 0.6) is 0 Å². The van der Waals surface area contributed by atoms with Crippen LogP contribution in [0.3, 0.4) is 0 Å². The molecule has 1 saturated heterocycles. The van der Waals surface area contributed by atoms with E-state index in [1.807, 2.05) is 29.5 Å². The van der Waals surface area contributed by atoms with Gasteiger partial charge in [0.1, 0.15) is 0 Å². The fourth-order valence-corrected chi connectivity index (χ4v) is 4.02. The van der Waals surface area contributed by atoms with E-state index in [2.05, 4.69) is 17.4 Å². The van der Waals surface area contributed by atoms with E-state index in [0.717, 1.165) is 49.3 Å². The first-order valence-electron chi connectivity index (χ1n) is 7.69. The van der Waals surface area contributed by atoms with Gasteiger partial charge in [0.25, 0.3) is 5.91 Å². The number of nitrogens with one attached hydrogen (secondary N) is 1. The van der Waals surface area contributed by atoms with Crippen LogP contribution >= 0.6 is 23.7 Å². The largest absolute Gasteiger partial charge is 0.339 e. The van der Waals surface area contributed by atoms with Crippen LogP contribution < -0.4 is 5.32 Å². The van der Waals surface area contributed by atoms with E-state index in [4.69, 9.17) is 0 Å². The Kier molecular flexibility index (Phi) is 6.24. The lowest BCUT2D eigenvalue weighted by Gasteiger charge is -2.32. The number of halogens is 1. The predicted octanol–water partition coefficient (Wildman–Crippen LogP) is 3.78. The van der Waals surface area contributed by atoms with Gasteiger partial charge in [0, 0.05) is 28.6 Å². The topological polar surface area (TPSA) is 32.3 Å². The Morgan fingerprint density at radius 1 is 1.32 bits per heavy atom. The molecule has 5 heteroatoms. The maximum Gasteiger partial charge on any atom is 0.255 e. The van der Waals surface area contributed by atoms with Crippen molar-refractivity contribution in [3.8, 4) is 0 Å². The molecule has 120 valence electrons. The molecule has 3 rings (SSSR count). The maximum absolute atomic E-state index is 12.7. The highest BCUT2D eigenvalue weighted by molar-refractivity contribution is 7.17. The Hall–Kier alpha value is -1.10. The summed E-state index contributed by atoms with van der Waals surface area (Å²) in [6.45, 7) is 2.88. The lowest BCUT2D eigenvalue weighted by atomic mass is 9.93. The van der Waals surface area contributed by atoms with Gasteiger partial charge in [-0.3, -0.25) is 4.79 Å². The van der Waals surface area contributed by atoms with E-state index in [1.165, 1.54) is 11.1 Å². The van der Waals surface area contributed by atoms with E-state index in [9.17, 15) is 4.79 Å². The number of rotatable bonds is 4. The van der Waals surface area contributed by atoms with Crippen LogP contribution in [0.2, 0.25) is 0 Å². The van der Waals surface area contributed by atoms with Crippen LogP contribution in [0, 0.1) is 5.92 Å². The highest BCUT2D eigenvalue weighted by Gasteiger charge is 2.24. The summed E-state index contributed by atoms with van der Waals surface area (Å²) in [4.78, 5) is 14.7. The third-order valence-electron chi connectivity index (χ3n) is 4.42. The normalized spacial score (nSPS) is 15.8. The van der Waals surface area contributed by atoms with Crippen LogP contribution in [0.25, 0.3) is 10.1 Å². The van der Waals surface area contributed by atoms with Gasteiger partial charge >= 0.3 is 0 Å². The van der Waals surface area contributed by atoms with Crippen molar-refractivity contribution >= 4 is 39.7 Å². The number of amides is 1. The van der Waals surface area contributed by atoms with Crippen LogP contribution in [0.15, 0.2) is 29.6 Å². The number of likely N-dealkylation sites (tertiary alicyclic amines) is 1. The molecule has 0 atom stereocenters. The number of carbonyl (C=O) groups is 1. The van der Waals surface area contributed by atoms with E-state index in [1.54, 1.807) is 11.3 Å². The molecule has 0 saturated carbocycles. The number of carbonyl (C=O) groups excluding carboxylic acids is 1. The summed E-state index contributed by atoms with van der Waals surface area (Å²) in [7, 11) is 2.00. The molecule has 3 nitrogen and oxygen atoms in total. The highest BCUT2D eigenvalue weighted by Crippen LogP contribution is 2.28. The van der Waals surface area contributed by atoms with Gasteiger partial charge in [-0.15, -0.1) is 23.7 Å². The molecule has 0 radical (unpaired) electrons. The quantitative estimate of drug-likeness (QED) is 0.920. The second-order valence-electron chi connectivity index (χ2n) is 5.77. The molecule has 2 heterocycles. The van der Waals surface area contributed by atoms with Crippen molar-refractivity contribution in [1.29, 1.82) is 0 Å². The monoisotopic (exact) mass is 338 g/mol. The fourth-order valence-electron chi connectivity index (χ4n) is 3.09. The summed E-state index contributed by atoms with van der Waals surface area (Å²) < 4.78 is 1.20. The zero-order valence-corrected chi connectivity index (χ0v) is 14.5. The molecule has 1 aromatic heterocycles. The minimum Gasteiger partial charge on any atom is -0.339 e. The minimum atomic E-state index is 0. The van der Waals surface area contributed by atoms with Crippen molar-refractivity contribution in [3.05, 3.63) is 35.2 Å². The molecule has 1 amide bonds. The smallest absolute Gasteiger partial charge is 0.255 e. The number of thiophene rings is 1. The number of fused-ring (bicyclic) bond motifs is 1. The zero-order valence-electron chi connectivity index (χ0n) is 12.9. The Labute approximate surface area is 142 Å². The summed E-state index contributed by atoms with van der Waals surface area (Å²) in [5.74, 6) is 0.972. The molecular weight excluding hydrogens is 316 g/mol. The number of benzene rings is 1. The van der Waals surface area contributed by atoms with Gasteiger partial charge in [-0.25, -0.2) is 0 Å². The first-order chi connectivity index (χ1) is 10.3. The lowest BCUT2D eigenvalue weighted by Crippen LogP contribution is -2.38. The Morgan fingerprint density at radius 3 is 2.77 bits per heavy atom. The number of hydrogen-bond acceptors (Lipinski definition) is 3. The third kappa shape index (κ3) is 3.62. The first-order valence-corrected chi connectivity index (χ1v) is 8.57. The molecule has 0 bridgehead atoms. The molecule has 2 aromatic rings. The van der Waals surface area contributed by atoms with Gasteiger partial charge in [-0.05, 0) is 44.8 Å². The van der Waals surface area contributed by atoms with E-state index >= 15 is 0 Å². The molecule has 0 spiro atoms. The SMILES string of the molecule is CNCCC1CCN(C(=O)c2csc3ccccc23)CC1.Cl. The number of hydrogen-bond donors (Lipinski definition) is 1. The van der Waals surface area contributed by atoms with E-state index in [-0.39, 0.29) is 18.3 Å². The maximum atomic E-state index is 12.7. The molecule has 1 fully saturated rings. The molecule has 1 aliphatic heterocycles. The van der Waals surface area contributed by atoms with Crippen molar-refractivity contribution in [3.63, 3.8) is 0 Å². The van der Waals surface area contributed by atoms with Crippen LogP contribution in [-0.2, 0) is 0 Å². The molecular formula is C17H23ClN2OS. The van der Waals surface area contributed by atoms with Crippen molar-refractivity contribution in [1.82, 2.24) is 10.2 Å². The van der Waals surface area contributed by atoms with Crippen LogP contribution in [0.1, 0.15) is 29.6 Å². The highest BCUT2D eigenvalue weighted by atomic mass is 35.5. The second-order valence-corrected chi connectivity index (χ2v) is 6.68. The number of nitrogens with zero attached hydrogens (tertiary/aromatic N) is 1. The molecule has 22 heavy (non-hydrogen) atoms. The summed E-state index contributed by atoms with van der Waals surface area (Å²) in [5, 5.41) is 6.33. The van der Waals surface area contributed by atoms with Gasteiger partial charge in [0.2, 0.25) is 0 Å².